The van der Waals surface area contributed by atoms with Crippen molar-refractivity contribution in [1.29, 1.82) is 0 Å². The first-order chi connectivity index (χ1) is 24.6. The predicted octanol–water partition coefficient (Wildman–Crippen LogP) is -4.13. The third-order valence-corrected chi connectivity index (χ3v) is 13.5. The van der Waals surface area contributed by atoms with Gasteiger partial charge < -0.3 is 56.0 Å². The molecule has 0 bridgehead atoms. The highest BCUT2D eigenvalue weighted by Gasteiger charge is 2.53. The lowest BCUT2D eigenvalue weighted by molar-refractivity contribution is -0.745. The van der Waals surface area contributed by atoms with Gasteiger partial charge in [-0.25, -0.2) is 23.0 Å². The van der Waals surface area contributed by atoms with Crippen molar-refractivity contribution in [1.82, 2.24) is 24.5 Å². The molecule has 12 atom stereocenters. The number of aromatic nitrogens is 6. The van der Waals surface area contributed by atoms with Gasteiger partial charge in [0.15, 0.2) is 12.5 Å². The summed E-state index contributed by atoms with van der Waals surface area (Å²) in [5.41, 5.74) is 10.3. The molecule has 2 saturated heterocycles. The van der Waals surface area contributed by atoms with Gasteiger partial charge in [0.2, 0.25) is 17.7 Å². The van der Waals surface area contributed by atoms with Crippen LogP contribution in [0.3, 0.4) is 0 Å². The van der Waals surface area contributed by atoms with Crippen LogP contribution < -0.4 is 27.2 Å². The SMILES string of the molecule is Cn1c[n+]([C@@H]2OC(CCP(=O)(O)OP(=O)(O)OP(=O)(O)OC[C@H]3OC([C@H]4C=[N+](C)c5c4nc(N)[nH]c5=O)[C@H](O)[C@@H]3O)[C@@H](O)[C@H]2O)c2nc(N)[nH]c(=O)c21. The molecular weight excluding hydrogens is 779 g/mol. The fraction of sp³-hybridized carbons (Fsp3) is 0.583. The summed E-state index contributed by atoms with van der Waals surface area (Å²) in [6.07, 6.45) is -11.1. The molecule has 0 radical (unpaired) electrons. The van der Waals surface area contributed by atoms with E-state index in [1.165, 1.54) is 40.3 Å². The summed E-state index contributed by atoms with van der Waals surface area (Å²) >= 11 is 0. The van der Waals surface area contributed by atoms with Crippen LogP contribution in [0.4, 0.5) is 17.6 Å². The number of aryl methyl sites for hydroxylation is 1. The molecule has 3 aliphatic heterocycles. The number of phosphoric acid groups is 2. The van der Waals surface area contributed by atoms with E-state index in [2.05, 4.69) is 33.1 Å². The molecule has 3 aromatic rings. The number of imidazole rings is 1. The van der Waals surface area contributed by atoms with Crippen molar-refractivity contribution in [2.45, 2.75) is 61.3 Å². The molecule has 0 amide bonds. The summed E-state index contributed by atoms with van der Waals surface area (Å²) in [6, 6.07) is 0. The van der Waals surface area contributed by atoms with E-state index in [-0.39, 0.29) is 34.4 Å². The number of hydrogen-bond donors (Lipinski definition) is 11. The molecule has 26 nitrogen and oxygen atoms in total. The van der Waals surface area contributed by atoms with Crippen LogP contribution in [0.1, 0.15) is 24.3 Å². The van der Waals surface area contributed by atoms with Crippen LogP contribution in [0.2, 0.25) is 0 Å². The number of nitrogen functional groups attached to an aromatic ring is 2. The van der Waals surface area contributed by atoms with Crippen molar-refractivity contribution < 1.29 is 80.6 Å². The Kier molecular flexibility index (Phi) is 10.5. The van der Waals surface area contributed by atoms with E-state index in [9.17, 15) is 58.4 Å². The summed E-state index contributed by atoms with van der Waals surface area (Å²) in [5, 5.41) is 42.5. The van der Waals surface area contributed by atoms with E-state index in [1.54, 1.807) is 0 Å². The zero-order valence-corrected chi connectivity index (χ0v) is 30.1. The number of aliphatic hydroxyl groups excluding tert-OH is 4. The summed E-state index contributed by atoms with van der Waals surface area (Å²) in [7, 11) is -13.7. The minimum Gasteiger partial charge on any atom is -0.388 e. The standard InChI is InChI=1S/C24H34N9O17P3/c1-31-5-8(11-12(31)20(38)29-23(25)27-11)18-16(36)15(35)10(47-18)6-46-52(42,43)50-53(44,45)49-51(40,41)4-3-9-14(34)17(37)22(48-9)33-7-32(2)13-19(33)28-24(26)30-21(13)39/h5,7-10,14-18,22,34-37H,3-4,6H2,1-2H3,(H7-2,25,26,27,28,29,30,38,39,40,41,42,43,44,45)/p+2/t8-,9?,10+,14+,15+,16+,17+,18?,22+/m0/s1. The number of anilines is 2. The minimum atomic E-state index is -5.87. The average Bonchev–Trinajstić information content (AvgIpc) is 3.71. The van der Waals surface area contributed by atoms with E-state index in [1.807, 2.05) is 0 Å². The van der Waals surface area contributed by atoms with Crippen molar-refractivity contribution in [2.24, 2.45) is 7.05 Å². The van der Waals surface area contributed by atoms with Gasteiger partial charge >= 0.3 is 34.4 Å². The number of hydrogen-bond acceptors (Lipinski definition) is 18. The molecule has 6 rings (SSSR count). The van der Waals surface area contributed by atoms with Crippen LogP contribution in [0.25, 0.3) is 11.2 Å². The monoisotopic (exact) mass is 815 g/mol. The second-order valence-electron chi connectivity index (χ2n) is 12.4. The molecule has 0 spiro atoms. The molecule has 53 heavy (non-hydrogen) atoms. The van der Waals surface area contributed by atoms with Gasteiger partial charge in [-0.2, -0.15) is 8.89 Å². The van der Waals surface area contributed by atoms with Gasteiger partial charge in [0.25, 0.3) is 17.2 Å². The first-order valence-corrected chi connectivity index (χ1v) is 20.1. The molecule has 292 valence electrons. The molecule has 2 fully saturated rings. The Bertz CT molecular complexity index is 2230. The molecule has 5 unspecified atom stereocenters. The Morgan fingerprint density at radius 1 is 0.906 bits per heavy atom. The number of nitrogens with one attached hydrogen (secondary N) is 2. The highest BCUT2D eigenvalue weighted by atomic mass is 31.3. The van der Waals surface area contributed by atoms with Crippen LogP contribution in [0.15, 0.2) is 15.9 Å². The molecule has 13 N–H and O–H groups in total. The lowest BCUT2D eigenvalue weighted by Gasteiger charge is -2.21. The maximum atomic E-state index is 12.7. The zero-order chi connectivity index (χ0) is 38.9. The quantitative estimate of drug-likeness (QED) is 0.0611. The largest absolute Gasteiger partial charge is 0.488 e. The van der Waals surface area contributed by atoms with E-state index >= 15 is 0 Å². The van der Waals surface area contributed by atoms with Gasteiger partial charge in [-0.1, -0.05) is 4.98 Å². The van der Waals surface area contributed by atoms with Gasteiger partial charge in [0, 0.05) is 0 Å². The number of H-pyrrole nitrogens is 2. The number of fused-ring (bicyclic) bond motifs is 2. The predicted molar refractivity (Wildman–Crippen MR) is 174 cm³/mol. The molecule has 0 aromatic carbocycles. The fourth-order valence-electron chi connectivity index (χ4n) is 6.40. The van der Waals surface area contributed by atoms with Crippen molar-refractivity contribution in [3.8, 4) is 0 Å². The zero-order valence-electron chi connectivity index (χ0n) is 27.4. The Labute approximate surface area is 295 Å². The minimum absolute atomic E-state index is 0.0209. The Hall–Kier alpha value is -3.29. The number of phosphoric ester groups is 1. The van der Waals surface area contributed by atoms with E-state index in [0.29, 0.717) is 0 Å². The number of aromatic amines is 2. The first-order valence-electron chi connectivity index (χ1n) is 15.4. The van der Waals surface area contributed by atoms with E-state index in [0.717, 1.165) is 0 Å². The second-order valence-corrected chi connectivity index (χ2v) is 17.6. The van der Waals surface area contributed by atoms with Gasteiger partial charge in [0.05, 0.1) is 25.9 Å². The van der Waals surface area contributed by atoms with Crippen molar-refractivity contribution in [2.75, 3.05) is 31.3 Å². The number of aliphatic hydroxyl groups is 4. The molecule has 0 aliphatic carbocycles. The summed E-state index contributed by atoms with van der Waals surface area (Å²) < 4.78 is 66.2. The van der Waals surface area contributed by atoms with Crippen LogP contribution >= 0.6 is 23.2 Å². The second kappa shape index (κ2) is 14.1. The van der Waals surface area contributed by atoms with Crippen molar-refractivity contribution >= 4 is 58.2 Å². The first kappa shape index (κ1) is 39.4. The van der Waals surface area contributed by atoms with Gasteiger partial charge in [-0.3, -0.25) is 33.2 Å². The van der Waals surface area contributed by atoms with Gasteiger partial charge in [-0.05, 0) is 6.42 Å². The summed E-state index contributed by atoms with van der Waals surface area (Å²) in [4.78, 5) is 67.9. The molecule has 3 aliphatic rings. The average molecular weight is 816 g/mol. The van der Waals surface area contributed by atoms with Gasteiger partial charge in [-0.15, -0.1) is 0 Å². The van der Waals surface area contributed by atoms with Gasteiger partial charge in [0.1, 0.15) is 55.3 Å². The number of nitrogens with zero attached hydrogens (tertiary/aromatic N) is 5. The lowest BCUT2D eigenvalue weighted by Crippen LogP contribution is -2.46. The third kappa shape index (κ3) is 7.80. The maximum absolute atomic E-state index is 12.7. The molecule has 29 heteroatoms. The van der Waals surface area contributed by atoms with Crippen LogP contribution in [-0.4, -0.2) is 133 Å². The molecular formula is C24H36N9O17P3+2. The topological polar surface area (TPSA) is 394 Å². The normalized spacial score (nSPS) is 31.9. The molecule has 3 aromatic heterocycles. The van der Waals surface area contributed by atoms with Crippen molar-refractivity contribution in [3.63, 3.8) is 0 Å². The van der Waals surface area contributed by atoms with Crippen LogP contribution in [0, 0.1) is 0 Å². The molecule has 6 heterocycles. The number of ether oxygens (including phenoxy) is 2. The van der Waals surface area contributed by atoms with E-state index < -0.39 is 108 Å². The van der Waals surface area contributed by atoms with Crippen LogP contribution in [-0.2, 0) is 43.4 Å². The Morgan fingerprint density at radius 2 is 1.55 bits per heavy atom. The molecule has 0 saturated carbocycles. The number of nitrogens with two attached hydrogens (primary N) is 2. The highest BCUT2D eigenvalue weighted by Crippen LogP contribution is 2.67. The van der Waals surface area contributed by atoms with Crippen molar-refractivity contribution in [3.05, 3.63) is 32.7 Å². The fourth-order valence-corrected chi connectivity index (χ4v) is 10.5. The van der Waals surface area contributed by atoms with Crippen LogP contribution in [0.5, 0.6) is 0 Å². The summed E-state index contributed by atoms with van der Waals surface area (Å²) in [5.74, 6) is -1.40. The Balaban J connectivity index is 1.04. The highest BCUT2D eigenvalue weighted by molar-refractivity contribution is 7.68. The lowest BCUT2D eigenvalue weighted by atomic mass is 9.95. The Morgan fingerprint density at radius 3 is 2.25 bits per heavy atom. The summed E-state index contributed by atoms with van der Waals surface area (Å²) in [6.45, 7) is -1.02. The van der Waals surface area contributed by atoms with E-state index in [4.69, 9.17) is 20.9 Å². The number of rotatable bonds is 12. The third-order valence-electron chi connectivity index (χ3n) is 8.68. The smallest absolute Gasteiger partial charge is 0.388 e. The maximum Gasteiger partial charge on any atom is 0.488 e.